The first kappa shape index (κ1) is 21.9. The normalized spacial score (nSPS) is 27.7. The van der Waals surface area contributed by atoms with Crippen molar-refractivity contribution < 1.29 is 53.7 Å². The van der Waals surface area contributed by atoms with Crippen molar-refractivity contribution in [2.45, 2.75) is 55.9 Å². The Kier molecular flexibility index (Phi) is 7.28. The minimum Gasteiger partial charge on any atom is -0.543 e. The molecule has 0 spiro atoms. The van der Waals surface area contributed by atoms with Crippen LogP contribution >= 0.6 is 11.8 Å². The summed E-state index contributed by atoms with van der Waals surface area (Å²) in [6.45, 7) is 2.55. The second kappa shape index (κ2) is 9.32. The van der Waals surface area contributed by atoms with E-state index in [1.807, 2.05) is 37.3 Å². The van der Waals surface area contributed by atoms with Gasteiger partial charge in [-0.3, -0.25) is 4.79 Å². The van der Waals surface area contributed by atoms with Crippen molar-refractivity contribution in [3.05, 3.63) is 40.9 Å². The van der Waals surface area contributed by atoms with Crippen molar-refractivity contribution in [3.63, 3.8) is 0 Å². The van der Waals surface area contributed by atoms with E-state index in [9.17, 15) is 14.7 Å². The van der Waals surface area contributed by atoms with Crippen molar-refractivity contribution in [3.8, 4) is 0 Å². The molecule has 2 fully saturated rings. The molecule has 3 aliphatic heterocycles. The maximum Gasteiger partial charge on any atom is 1.00 e. The average Bonchev–Trinajstić information content (AvgIpc) is 2.98. The molecule has 2 saturated heterocycles. The molecule has 0 radical (unpaired) electrons. The standard InChI is InChI=1S/C20H23NO5S.Na/c1-12(26-16-9-5-6-10-25-16)17-14-11-15(27-13-7-3-2-4-8-13)18(20(23)24)21(14)19(17)22;/h2-4,7-8,12,14,16-17H,5-6,9-11H2,1H3,(H,23,24);/q;+1/p-1. The summed E-state index contributed by atoms with van der Waals surface area (Å²) in [5.74, 6) is -1.85. The minimum absolute atomic E-state index is 0. The zero-order valence-electron chi connectivity index (χ0n) is 16.1. The van der Waals surface area contributed by atoms with Crippen LogP contribution in [0.2, 0.25) is 0 Å². The number of carboxylic acid groups (broad SMARTS) is 1. The van der Waals surface area contributed by atoms with Gasteiger partial charge in [-0.25, -0.2) is 0 Å². The maximum absolute atomic E-state index is 12.7. The van der Waals surface area contributed by atoms with E-state index in [-0.39, 0.29) is 65.5 Å². The van der Waals surface area contributed by atoms with Gasteiger partial charge in [0.2, 0.25) is 5.91 Å². The maximum atomic E-state index is 12.7. The van der Waals surface area contributed by atoms with E-state index < -0.39 is 5.97 Å². The molecule has 1 amide bonds. The summed E-state index contributed by atoms with van der Waals surface area (Å²) in [5.41, 5.74) is 0.0104. The first-order chi connectivity index (χ1) is 13.1. The second-order valence-corrected chi connectivity index (χ2v) is 8.29. The van der Waals surface area contributed by atoms with Gasteiger partial charge in [-0.05, 0) is 38.3 Å². The number of thioether (sulfide) groups is 1. The zero-order chi connectivity index (χ0) is 19.0. The summed E-state index contributed by atoms with van der Waals surface area (Å²) < 4.78 is 11.6. The number of amides is 1. The number of nitrogens with zero attached hydrogens (tertiary/aromatic N) is 1. The summed E-state index contributed by atoms with van der Waals surface area (Å²) in [7, 11) is 0. The van der Waals surface area contributed by atoms with Crippen molar-refractivity contribution in [2.75, 3.05) is 6.61 Å². The van der Waals surface area contributed by atoms with Crippen molar-refractivity contribution in [1.29, 1.82) is 0 Å². The van der Waals surface area contributed by atoms with E-state index in [2.05, 4.69) is 0 Å². The van der Waals surface area contributed by atoms with Crippen LogP contribution in [0.1, 0.15) is 32.6 Å². The molecule has 1 aromatic carbocycles. The largest absolute Gasteiger partial charge is 1.00 e. The number of hydrogen-bond acceptors (Lipinski definition) is 6. The monoisotopic (exact) mass is 411 g/mol. The fourth-order valence-electron chi connectivity index (χ4n) is 4.07. The molecule has 8 heteroatoms. The quantitative estimate of drug-likeness (QED) is 0.437. The molecule has 6 nitrogen and oxygen atoms in total. The Balaban J connectivity index is 0.00000225. The van der Waals surface area contributed by atoms with Gasteiger partial charge in [0.15, 0.2) is 6.29 Å². The first-order valence-electron chi connectivity index (χ1n) is 9.34. The van der Waals surface area contributed by atoms with E-state index in [1.165, 1.54) is 16.7 Å². The van der Waals surface area contributed by atoms with Crippen LogP contribution in [-0.4, -0.2) is 41.8 Å². The van der Waals surface area contributed by atoms with Crippen molar-refractivity contribution >= 4 is 23.6 Å². The Morgan fingerprint density at radius 3 is 2.71 bits per heavy atom. The van der Waals surface area contributed by atoms with E-state index in [1.54, 1.807) is 0 Å². The number of benzene rings is 1. The van der Waals surface area contributed by atoms with Crippen molar-refractivity contribution in [2.24, 2.45) is 5.92 Å². The number of carbonyl (C=O) groups is 2. The third-order valence-electron chi connectivity index (χ3n) is 5.36. The second-order valence-electron chi connectivity index (χ2n) is 7.12. The number of fused-ring (bicyclic) bond motifs is 1. The number of β-lactam (4-membered cyclic amide) rings is 1. The fourth-order valence-corrected chi connectivity index (χ4v) is 5.18. The summed E-state index contributed by atoms with van der Waals surface area (Å²) in [5, 5.41) is 11.7. The smallest absolute Gasteiger partial charge is 0.543 e. The molecule has 0 saturated carbocycles. The number of carboxylic acids is 1. The third-order valence-corrected chi connectivity index (χ3v) is 6.47. The molecule has 3 heterocycles. The zero-order valence-corrected chi connectivity index (χ0v) is 18.9. The van der Waals surface area contributed by atoms with Gasteiger partial charge < -0.3 is 24.3 Å². The van der Waals surface area contributed by atoms with Crippen molar-refractivity contribution in [1.82, 2.24) is 4.90 Å². The molecule has 3 aliphatic rings. The van der Waals surface area contributed by atoms with Crippen LogP contribution in [0.25, 0.3) is 0 Å². The summed E-state index contributed by atoms with van der Waals surface area (Å²) in [6.07, 6.45) is 2.84. The fraction of sp³-hybridized carbons (Fsp3) is 0.500. The SMILES string of the molecule is CC(OC1CCCCO1)C1C(=O)N2C(C(=O)[O-])=C(Sc3ccccc3)CC12.[Na+]. The number of rotatable bonds is 6. The predicted octanol–water partition coefficient (Wildman–Crippen LogP) is -1.09. The Hall–Kier alpha value is -0.830. The summed E-state index contributed by atoms with van der Waals surface area (Å²) in [6, 6.07) is 9.37. The predicted molar refractivity (Wildman–Crippen MR) is 97.2 cm³/mol. The Bertz CT molecular complexity index is 765. The molecular formula is C20H22NNaO5S. The van der Waals surface area contributed by atoms with Gasteiger partial charge in [-0.1, -0.05) is 30.0 Å². The Morgan fingerprint density at radius 2 is 2.07 bits per heavy atom. The van der Waals surface area contributed by atoms with E-state index in [0.717, 1.165) is 24.2 Å². The molecule has 1 aromatic rings. The van der Waals surface area contributed by atoms with Crippen LogP contribution in [0.4, 0.5) is 0 Å². The Labute approximate surface area is 190 Å². The van der Waals surface area contributed by atoms with Crippen LogP contribution in [0, 0.1) is 5.92 Å². The molecule has 4 rings (SSSR count). The van der Waals surface area contributed by atoms with Gasteiger partial charge in [-0.2, -0.15) is 0 Å². The molecule has 4 unspecified atom stereocenters. The average molecular weight is 411 g/mol. The van der Waals surface area contributed by atoms with Gasteiger partial charge in [0.1, 0.15) is 0 Å². The summed E-state index contributed by atoms with van der Waals surface area (Å²) >= 11 is 1.39. The molecular weight excluding hydrogens is 389 g/mol. The van der Waals surface area contributed by atoms with Crippen LogP contribution < -0.4 is 34.7 Å². The van der Waals surface area contributed by atoms with Gasteiger partial charge in [-0.15, -0.1) is 0 Å². The molecule has 0 N–H and O–H groups in total. The number of aliphatic carboxylic acids is 1. The first-order valence-corrected chi connectivity index (χ1v) is 10.2. The van der Waals surface area contributed by atoms with Gasteiger partial charge >= 0.3 is 29.6 Å². The van der Waals surface area contributed by atoms with E-state index >= 15 is 0 Å². The number of ether oxygens (including phenoxy) is 2. The number of carbonyl (C=O) groups excluding carboxylic acids is 2. The molecule has 0 aromatic heterocycles. The third kappa shape index (κ3) is 4.20. The Morgan fingerprint density at radius 1 is 1.32 bits per heavy atom. The van der Waals surface area contributed by atoms with Crippen LogP contribution in [0.5, 0.6) is 0 Å². The van der Waals surface area contributed by atoms with Gasteiger partial charge in [0.25, 0.3) is 0 Å². The van der Waals surface area contributed by atoms with E-state index in [4.69, 9.17) is 9.47 Å². The van der Waals surface area contributed by atoms with E-state index in [0.29, 0.717) is 17.9 Å². The van der Waals surface area contributed by atoms with Crippen LogP contribution in [0.3, 0.4) is 0 Å². The topological polar surface area (TPSA) is 78.9 Å². The minimum atomic E-state index is -1.30. The summed E-state index contributed by atoms with van der Waals surface area (Å²) in [4.78, 5) is 27.4. The van der Waals surface area contributed by atoms with Crippen LogP contribution in [-0.2, 0) is 19.1 Å². The molecule has 0 aliphatic carbocycles. The number of hydrogen-bond donors (Lipinski definition) is 0. The molecule has 28 heavy (non-hydrogen) atoms. The molecule has 0 bridgehead atoms. The molecule has 4 atom stereocenters. The molecule has 144 valence electrons. The van der Waals surface area contributed by atoms with Gasteiger partial charge in [0, 0.05) is 22.8 Å². The van der Waals surface area contributed by atoms with Gasteiger partial charge in [0.05, 0.1) is 29.7 Å². The van der Waals surface area contributed by atoms with Crippen LogP contribution in [0.15, 0.2) is 45.8 Å².